The summed E-state index contributed by atoms with van der Waals surface area (Å²) in [5.41, 5.74) is 0.215. The quantitative estimate of drug-likeness (QED) is 0.701. The number of alkyl halides is 1. The van der Waals surface area contributed by atoms with Crippen LogP contribution in [-0.4, -0.2) is 64.1 Å². The minimum Gasteiger partial charge on any atom is -0.380 e. The van der Waals surface area contributed by atoms with Crippen molar-refractivity contribution in [1.29, 1.82) is 0 Å². The lowest BCUT2D eigenvalue weighted by molar-refractivity contribution is -0.155. The van der Waals surface area contributed by atoms with Crippen LogP contribution in [0.25, 0.3) is 21.9 Å². The van der Waals surface area contributed by atoms with Crippen LogP contribution in [0.3, 0.4) is 0 Å². The fraction of sp³-hybridized carbons (Fsp3) is 0.409. The van der Waals surface area contributed by atoms with Crippen LogP contribution in [0.1, 0.15) is 6.92 Å². The van der Waals surface area contributed by atoms with Gasteiger partial charge in [-0.1, -0.05) is 19.1 Å². The van der Waals surface area contributed by atoms with Crippen LogP contribution in [0.15, 0.2) is 42.9 Å². The molecule has 0 aliphatic carbocycles. The maximum absolute atomic E-state index is 15.0. The summed E-state index contributed by atoms with van der Waals surface area (Å²) in [6, 6.07) is 7.77. The Labute approximate surface area is 173 Å². The number of carbonyl (C=O) groups excluding carboxylic acids is 1. The topological polar surface area (TPSA) is 72.3 Å². The number of halogens is 1. The van der Waals surface area contributed by atoms with Crippen molar-refractivity contribution in [2.45, 2.75) is 12.6 Å². The molecule has 0 unspecified atom stereocenters. The zero-order chi connectivity index (χ0) is 20.9. The summed E-state index contributed by atoms with van der Waals surface area (Å²) in [4.78, 5) is 18.8. The summed E-state index contributed by atoms with van der Waals surface area (Å²) in [6.45, 7) is 4.46. The molecule has 1 amide bonds. The molecular formula is C22H24FN5O2. The normalized spacial score (nSPS) is 19.8. The molecule has 2 aliphatic rings. The number of hydrogen-bond donors (Lipinski definition) is 1. The highest BCUT2D eigenvalue weighted by molar-refractivity contribution is 5.99. The van der Waals surface area contributed by atoms with Gasteiger partial charge in [0.25, 0.3) is 5.91 Å². The Balaban J connectivity index is 1.28. The summed E-state index contributed by atoms with van der Waals surface area (Å²) in [5.74, 6) is -0.283. The lowest BCUT2D eigenvalue weighted by Gasteiger charge is -2.49. The van der Waals surface area contributed by atoms with Crippen molar-refractivity contribution >= 4 is 22.5 Å². The molecule has 4 heterocycles. The highest BCUT2D eigenvalue weighted by Crippen LogP contribution is 2.34. The number of rotatable bonds is 5. The Kier molecular flexibility index (Phi) is 4.37. The van der Waals surface area contributed by atoms with Gasteiger partial charge in [0.05, 0.1) is 19.4 Å². The van der Waals surface area contributed by atoms with E-state index >= 15 is 4.39 Å². The van der Waals surface area contributed by atoms with E-state index < -0.39 is 11.6 Å². The molecule has 1 N–H and O–H groups in total. The second-order valence-electron chi connectivity index (χ2n) is 8.90. The number of hydrogen-bond acceptors (Lipinski definition) is 5. The van der Waals surface area contributed by atoms with Gasteiger partial charge in [0.2, 0.25) is 5.67 Å². The number of anilines is 1. The molecule has 1 aromatic carbocycles. The number of likely N-dealkylation sites (tertiary alicyclic amines) is 1. The van der Waals surface area contributed by atoms with Gasteiger partial charge in [-0.05, 0) is 23.1 Å². The predicted octanol–water partition coefficient (Wildman–Crippen LogP) is 2.63. The average Bonchev–Trinajstić information content (AvgIpc) is 3.11. The molecule has 30 heavy (non-hydrogen) atoms. The molecule has 156 valence electrons. The Bertz CT molecular complexity index is 1120. The number of nitrogens with one attached hydrogen (secondary N) is 1. The smallest absolute Gasteiger partial charge is 0.265 e. The summed E-state index contributed by atoms with van der Waals surface area (Å²) in [6.07, 6.45) is 5.43. The molecular weight excluding hydrogens is 385 g/mol. The number of aromatic nitrogens is 3. The molecule has 0 bridgehead atoms. The minimum absolute atomic E-state index is 0.0731. The van der Waals surface area contributed by atoms with Gasteiger partial charge in [-0.25, -0.2) is 9.37 Å². The van der Waals surface area contributed by atoms with Crippen LogP contribution in [0, 0.1) is 5.41 Å². The Morgan fingerprint density at radius 2 is 2.00 bits per heavy atom. The number of aryl methyl sites for hydroxylation is 1. The molecule has 7 nitrogen and oxygen atoms in total. The maximum Gasteiger partial charge on any atom is 0.265 e. The molecule has 2 aliphatic heterocycles. The summed E-state index contributed by atoms with van der Waals surface area (Å²) in [7, 11) is 1.87. The molecule has 3 aromatic rings. The van der Waals surface area contributed by atoms with Crippen LogP contribution in [0.5, 0.6) is 0 Å². The molecule has 0 radical (unpaired) electrons. The van der Waals surface area contributed by atoms with Crippen molar-refractivity contribution in [3.05, 3.63) is 42.9 Å². The number of amides is 1. The highest BCUT2D eigenvalue weighted by Gasteiger charge is 2.52. The van der Waals surface area contributed by atoms with E-state index in [1.54, 1.807) is 23.1 Å². The number of nitrogens with zero attached hydrogens (tertiary/aromatic N) is 4. The first-order valence-electron chi connectivity index (χ1n) is 10.0. The number of fused-ring (bicyclic) bond motifs is 1. The van der Waals surface area contributed by atoms with E-state index in [4.69, 9.17) is 4.74 Å². The predicted molar refractivity (Wildman–Crippen MR) is 112 cm³/mol. The number of ether oxygens (including phenoxy) is 1. The third kappa shape index (κ3) is 3.46. The van der Waals surface area contributed by atoms with E-state index in [2.05, 4.69) is 22.3 Å². The largest absolute Gasteiger partial charge is 0.380 e. The van der Waals surface area contributed by atoms with Crippen LogP contribution in [0.2, 0.25) is 0 Å². The Morgan fingerprint density at radius 3 is 2.67 bits per heavy atom. The number of pyridine rings is 1. The second kappa shape index (κ2) is 6.85. The SMILES string of the molecule is Cn1cc(-c2ccc3cnc(NC(=O)C4(F)CN(CC5(C)COC5)C4)cc3c2)cn1. The van der Waals surface area contributed by atoms with Crippen LogP contribution < -0.4 is 5.32 Å². The molecule has 2 saturated heterocycles. The third-order valence-corrected chi connectivity index (χ3v) is 5.86. The van der Waals surface area contributed by atoms with Gasteiger partial charge >= 0.3 is 0 Å². The van der Waals surface area contributed by atoms with Crippen molar-refractivity contribution in [2.75, 3.05) is 38.2 Å². The van der Waals surface area contributed by atoms with Crippen LogP contribution in [-0.2, 0) is 16.6 Å². The first kappa shape index (κ1) is 19.1. The number of benzene rings is 1. The molecule has 0 saturated carbocycles. The van der Waals surface area contributed by atoms with Crippen molar-refractivity contribution < 1.29 is 13.9 Å². The molecule has 5 rings (SSSR count). The van der Waals surface area contributed by atoms with Gasteiger partial charge in [0.1, 0.15) is 5.82 Å². The second-order valence-corrected chi connectivity index (χ2v) is 8.90. The van der Waals surface area contributed by atoms with E-state index in [-0.39, 0.29) is 18.5 Å². The Morgan fingerprint density at radius 1 is 1.20 bits per heavy atom. The van der Waals surface area contributed by atoms with Crippen molar-refractivity contribution in [1.82, 2.24) is 19.7 Å². The van der Waals surface area contributed by atoms with E-state index in [1.165, 1.54) is 0 Å². The fourth-order valence-corrected chi connectivity index (χ4v) is 4.19. The van der Waals surface area contributed by atoms with Gasteiger partial charge in [-0.2, -0.15) is 5.10 Å². The van der Waals surface area contributed by atoms with Crippen molar-refractivity contribution in [3.63, 3.8) is 0 Å². The standard InChI is InChI=1S/C22H24FN5O2/c1-21(13-30-14-21)10-28-11-22(23,12-28)20(29)26-19-6-17-5-15(3-4-16(17)7-24-19)18-8-25-27(2)9-18/h3-9H,10-14H2,1-2H3,(H,24,26,29). The van der Waals surface area contributed by atoms with Crippen LogP contribution in [0.4, 0.5) is 10.2 Å². The van der Waals surface area contributed by atoms with Gasteiger partial charge in [0.15, 0.2) is 0 Å². The summed E-state index contributed by atoms with van der Waals surface area (Å²) < 4.78 is 22.0. The highest BCUT2D eigenvalue weighted by atomic mass is 19.1. The van der Waals surface area contributed by atoms with Crippen LogP contribution >= 0.6 is 0 Å². The van der Waals surface area contributed by atoms with E-state index in [9.17, 15) is 4.79 Å². The van der Waals surface area contributed by atoms with Gasteiger partial charge < -0.3 is 10.1 Å². The lowest BCUT2D eigenvalue weighted by atomic mass is 9.84. The summed E-state index contributed by atoms with van der Waals surface area (Å²) in [5, 5.41) is 8.73. The van der Waals surface area contributed by atoms with E-state index in [1.807, 2.05) is 36.3 Å². The zero-order valence-electron chi connectivity index (χ0n) is 17.1. The maximum atomic E-state index is 15.0. The molecule has 2 aromatic heterocycles. The van der Waals surface area contributed by atoms with Gasteiger partial charge in [0, 0.05) is 55.4 Å². The molecule has 0 atom stereocenters. The summed E-state index contributed by atoms with van der Waals surface area (Å²) >= 11 is 0. The average molecular weight is 409 g/mol. The molecule has 8 heteroatoms. The first-order chi connectivity index (χ1) is 14.3. The van der Waals surface area contributed by atoms with E-state index in [0.717, 1.165) is 28.4 Å². The third-order valence-electron chi connectivity index (χ3n) is 5.86. The molecule has 0 spiro atoms. The van der Waals surface area contributed by atoms with Crippen molar-refractivity contribution in [3.8, 4) is 11.1 Å². The monoisotopic (exact) mass is 409 g/mol. The van der Waals surface area contributed by atoms with Gasteiger partial charge in [-0.3, -0.25) is 14.4 Å². The lowest BCUT2D eigenvalue weighted by Crippen LogP contribution is -2.67. The Hall–Kier alpha value is -2.84. The fourth-order valence-electron chi connectivity index (χ4n) is 4.19. The van der Waals surface area contributed by atoms with Gasteiger partial charge in [-0.15, -0.1) is 0 Å². The molecule has 2 fully saturated rings. The first-order valence-corrected chi connectivity index (χ1v) is 10.0. The van der Waals surface area contributed by atoms with E-state index in [0.29, 0.717) is 19.0 Å². The van der Waals surface area contributed by atoms with Crippen molar-refractivity contribution in [2.24, 2.45) is 12.5 Å². The zero-order valence-corrected chi connectivity index (χ0v) is 17.1. The minimum atomic E-state index is -1.88. The number of carbonyl (C=O) groups is 1.